The standard InChI is InChI=1S/C20H21N5O2/c1-24-20(27)16-7-3-2-6-15(16)17(23-24)11-19(26)25-10-9-22-13-18(25)14-5-4-8-21-12-14/h2-8,12,18,22H,9-11,13H2,1H3. The first-order valence-electron chi connectivity index (χ1n) is 9.00. The number of carbonyl (C=O) groups excluding carboxylic acids is 1. The van der Waals surface area contributed by atoms with Crippen LogP contribution in [0.5, 0.6) is 0 Å². The number of aromatic nitrogens is 3. The number of nitrogens with one attached hydrogen (secondary N) is 1. The Hall–Kier alpha value is -3.06. The summed E-state index contributed by atoms with van der Waals surface area (Å²) in [5.74, 6) is 0.00153. The maximum Gasteiger partial charge on any atom is 0.274 e. The molecule has 7 heteroatoms. The van der Waals surface area contributed by atoms with Gasteiger partial charge in [-0.15, -0.1) is 0 Å². The van der Waals surface area contributed by atoms with E-state index in [1.54, 1.807) is 25.5 Å². The molecule has 1 fully saturated rings. The fourth-order valence-electron chi connectivity index (χ4n) is 3.62. The molecule has 0 saturated carbocycles. The van der Waals surface area contributed by atoms with Gasteiger partial charge in [0.25, 0.3) is 5.56 Å². The second-order valence-corrected chi connectivity index (χ2v) is 6.69. The van der Waals surface area contributed by atoms with Crippen molar-refractivity contribution in [3.63, 3.8) is 0 Å². The minimum atomic E-state index is -0.155. The van der Waals surface area contributed by atoms with E-state index in [-0.39, 0.29) is 23.9 Å². The number of pyridine rings is 1. The van der Waals surface area contributed by atoms with E-state index in [9.17, 15) is 9.59 Å². The number of aryl methyl sites for hydroxylation is 1. The Morgan fingerprint density at radius 3 is 2.81 bits per heavy atom. The molecule has 2 aromatic heterocycles. The number of hydrogen-bond donors (Lipinski definition) is 1. The average Bonchev–Trinajstić information content (AvgIpc) is 2.72. The zero-order chi connectivity index (χ0) is 18.8. The molecule has 1 amide bonds. The number of fused-ring (bicyclic) bond motifs is 1. The van der Waals surface area contributed by atoms with Gasteiger partial charge >= 0.3 is 0 Å². The van der Waals surface area contributed by atoms with Crippen LogP contribution in [-0.2, 0) is 18.3 Å². The van der Waals surface area contributed by atoms with Crippen LogP contribution in [0.25, 0.3) is 10.8 Å². The summed E-state index contributed by atoms with van der Waals surface area (Å²) in [6.07, 6.45) is 3.69. The number of hydrogen-bond acceptors (Lipinski definition) is 5. The molecule has 0 aliphatic carbocycles. The molecule has 3 heterocycles. The van der Waals surface area contributed by atoms with Crippen LogP contribution in [0.2, 0.25) is 0 Å². The van der Waals surface area contributed by atoms with Gasteiger partial charge < -0.3 is 10.2 Å². The predicted molar refractivity (Wildman–Crippen MR) is 102 cm³/mol. The van der Waals surface area contributed by atoms with Crippen LogP contribution in [0.4, 0.5) is 0 Å². The van der Waals surface area contributed by atoms with Gasteiger partial charge in [-0.2, -0.15) is 5.10 Å². The van der Waals surface area contributed by atoms with Gasteiger partial charge in [0, 0.05) is 44.5 Å². The van der Waals surface area contributed by atoms with E-state index in [2.05, 4.69) is 15.4 Å². The average molecular weight is 363 g/mol. The summed E-state index contributed by atoms with van der Waals surface area (Å²) < 4.78 is 1.31. The summed E-state index contributed by atoms with van der Waals surface area (Å²) >= 11 is 0. The van der Waals surface area contributed by atoms with Gasteiger partial charge in [-0.3, -0.25) is 14.6 Å². The summed E-state index contributed by atoms with van der Waals surface area (Å²) in [4.78, 5) is 31.5. The van der Waals surface area contributed by atoms with Crippen molar-refractivity contribution in [2.24, 2.45) is 7.05 Å². The quantitative estimate of drug-likeness (QED) is 0.752. The lowest BCUT2D eigenvalue weighted by Gasteiger charge is -2.36. The van der Waals surface area contributed by atoms with Crippen molar-refractivity contribution in [3.05, 3.63) is 70.4 Å². The van der Waals surface area contributed by atoms with Gasteiger partial charge in [0.05, 0.1) is 23.5 Å². The molecule has 4 rings (SSSR count). The minimum Gasteiger partial charge on any atom is -0.333 e. The van der Waals surface area contributed by atoms with E-state index in [4.69, 9.17) is 0 Å². The Balaban J connectivity index is 1.66. The zero-order valence-electron chi connectivity index (χ0n) is 15.1. The first-order chi connectivity index (χ1) is 13.1. The minimum absolute atomic E-state index is 0.00153. The molecule has 0 spiro atoms. The molecule has 0 radical (unpaired) electrons. The van der Waals surface area contributed by atoms with Crippen LogP contribution in [0.1, 0.15) is 17.3 Å². The molecule has 1 aliphatic rings. The Labute approximate surface area is 156 Å². The highest BCUT2D eigenvalue weighted by molar-refractivity contribution is 5.88. The topological polar surface area (TPSA) is 80.1 Å². The fraction of sp³-hybridized carbons (Fsp3) is 0.300. The van der Waals surface area contributed by atoms with Crippen molar-refractivity contribution < 1.29 is 4.79 Å². The smallest absolute Gasteiger partial charge is 0.274 e. The normalized spacial score (nSPS) is 17.2. The third-order valence-electron chi connectivity index (χ3n) is 4.98. The monoisotopic (exact) mass is 363 g/mol. The molecule has 1 unspecified atom stereocenters. The van der Waals surface area contributed by atoms with Gasteiger partial charge in [-0.25, -0.2) is 4.68 Å². The lowest BCUT2D eigenvalue weighted by Crippen LogP contribution is -2.49. The highest BCUT2D eigenvalue weighted by atomic mass is 16.2. The Kier molecular flexibility index (Phi) is 4.68. The largest absolute Gasteiger partial charge is 0.333 e. The molecule has 1 aromatic carbocycles. The molecule has 27 heavy (non-hydrogen) atoms. The van der Waals surface area contributed by atoms with Gasteiger partial charge in [-0.1, -0.05) is 24.3 Å². The number of benzene rings is 1. The Bertz CT molecular complexity index is 1030. The van der Waals surface area contributed by atoms with Gasteiger partial charge in [-0.05, 0) is 17.7 Å². The summed E-state index contributed by atoms with van der Waals surface area (Å²) in [6, 6.07) is 11.1. The first-order valence-corrected chi connectivity index (χ1v) is 9.00. The van der Waals surface area contributed by atoms with Crippen LogP contribution < -0.4 is 10.9 Å². The van der Waals surface area contributed by atoms with Crippen LogP contribution in [-0.4, -0.2) is 45.2 Å². The van der Waals surface area contributed by atoms with Gasteiger partial charge in [0.1, 0.15) is 0 Å². The highest BCUT2D eigenvalue weighted by Crippen LogP contribution is 2.23. The van der Waals surface area contributed by atoms with Crippen LogP contribution >= 0.6 is 0 Å². The number of nitrogens with zero attached hydrogens (tertiary/aromatic N) is 4. The predicted octanol–water partition coefficient (Wildman–Crippen LogP) is 1.04. The summed E-state index contributed by atoms with van der Waals surface area (Å²) in [7, 11) is 1.62. The third-order valence-corrected chi connectivity index (χ3v) is 4.98. The Morgan fingerprint density at radius 2 is 2.04 bits per heavy atom. The molecule has 1 atom stereocenters. The van der Waals surface area contributed by atoms with Crippen molar-refractivity contribution >= 4 is 16.7 Å². The molecule has 1 N–H and O–H groups in total. The van der Waals surface area contributed by atoms with E-state index in [1.807, 2.05) is 35.2 Å². The number of piperazine rings is 1. The molecule has 138 valence electrons. The number of rotatable bonds is 3. The summed E-state index contributed by atoms with van der Waals surface area (Å²) in [5.41, 5.74) is 1.48. The van der Waals surface area contributed by atoms with Crippen molar-refractivity contribution in [2.75, 3.05) is 19.6 Å². The van der Waals surface area contributed by atoms with E-state index in [0.717, 1.165) is 17.5 Å². The Morgan fingerprint density at radius 1 is 1.22 bits per heavy atom. The van der Waals surface area contributed by atoms with Crippen LogP contribution in [0, 0.1) is 0 Å². The molecule has 3 aromatic rings. The van der Waals surface area contributed by atoms with Crippen molar-refractivity contribution in [1.29, 1.82) is 0 Å². The highest BCUT2D eigenvalue weighted by Gasteiger charge is 2.28. The fourth-order valence-corrected chi connectivity index (χ4v) is 3.62. The van der Waals surface area contributed by atoms with E-state index >= 15 is 0 Å². The molecule has 1 aliphatic heterocycles. The van der Waals surface area contributed by atoms with Crippen LogP contribution in [0.3, 0.4) is 0 Å². The number of amides is 1. The maximum absolute atomic E-state index is 13.1. The summed E-state index contributed by atoms with van der Waals surface area (Å²) in [6.45, 7) is 2.07. The first kappa shape index (κ1) is 17.4. The summed E-state index contributed by atoms with van der Waals surface area (Å²) in [5, 5.41) is 9.03. The van der Waals surface area contributed by atoms with Crippen molar-refractivity contribution in [1.82, 2.24) is 25.0 Å². The van der Waals surface area contributed by atoms with Crippen LogP contribution in [0.15, 0.2) is 53.6 Å². The lowest BCUT2D eigenvalue weighted by molar-refractivity contribution is -0.133. The maximum atomic E-state index is 13.1. The zero-order valence-corrected chi connectivity index (χ0v) is 15.1. The molecular formula is C20H21N5O2. The van der Waals surface area contributed by atoms with E-state index in [0.29, 0.717) is 24.2 Å². The van der Waals surface area contributed by atoms with Gasteiger partial charge in [0.2, 0.25) is 5.91 Å². The SMILES string of the molecule is Cn1nc(CC(=O)N2CCNCC2c2cccnc2)c2ccccc2c1=O. The van der Waals surface area contributed by atoms with Crippen molar-refractivity contribution in [2.45, 2.75) is 12.5 Å². The van der Waals surface area contributed by atoms with E-state index in [1.165, 1.54) is 4.68 Å². The van der Waals surface area contributed by atoms with E-state index < -0.39 is 0 Å². The lowest BCUT2D eigenvalue weighted by atomic mass is 10.0. The van der Waals surface area contributed by atoms with Gasteiger partial charge in [0.15, 0.2) is 0 Å². The number of carbonyl (C=O) groups is 1. The molecular weight excluding hydrogens is 342 g/mol. The second-order valence-electron chi connectivity index (χ2n) is 6.69. The third kappa shape index (κ3) is 3.33. The molecule has 7 nitrogen and oxygen atoms in total. The second kappa shape index (κ2) is 7.28. The van der Waals surface area contributed by atoms with Crippen molar-refractivity contribution in [3.8, 4) is 0 Å². The molecule has 0 bridgehead atoms. The molecule has 1 saturated heterocycles.